The highest BCUT2D eigenvalue weighted by atomic mass is 32.2. The van der Waals surface area contributed by atoms with Crippen molar-refractivity contribution in [2.75, 3.05) is 36.9 Å². The molecule has 0 spiro atoms. The van der Waals surface area contributed by atoms with Gasteiger partial charge in [-0.15, -0.1) is 0 Å². The SMILES string of the molecule is COc1cc(Nc2nc(N[C@@H](CCSC)[C@H](C)NC(=O)O)c(F)cc2C#N)cc(OC)c1. The predicted octanol–water partition coefficient (Wildman–Crippen LogP) is 4.04. The number of thioether (sulfide) groups is 1. The quantitative estimate of drug-likeness (QED) is 0.390. The van der Waals surface area contributed by atoms with Crippen LogP contribution in [-0.4, -0.2) is 54.5 Å². The summed E-state index contributed by atoms with van der Waals surface area (Å²) in [5.41, 5.74) is 0.537. The van der Waals surface area contributed by atoms with Gasteiger partial charge in [0, 0.05) is 36.0 Å². The van der Waals surface area contributed by atoms with Crippen molar-refractivity contribution in [1.82, 2.24) is 10.3 Å². The average molecular weight is 464 g/mol. The Morgan fingerprint density at radius 3 is 2.44 bits per heavy atom. The van der Waals surface area contributed by atoms with Crippen LogP contribution in [0.1, 0.15) is 18.9 Å². The molecule has 1 amide bonds. The molecule has 1 heterocycles. The Morgan fingerprint density at radius 1 is 1.25 bits per heavy atom. The third-order valence-electron chi connectivity index (χ3n) is 4.62. The van der Waals surface area contributed by atoms with Gasteiger partial charge < -0.3 is 30.5 Å². The van der Waals surface area contributed by atoms with E-state index in [1.807, 2.05) is 12.3 Å². The van der Waals surface area contributed by atoms with Crippen LogP contribution in [0.15, 0.2) is 24.3 Å². The zero-order chi connectivity index (χ0) is 23.7. The molecule has 4 N–H and O–H groups in total. The van der Waals surface area contributed by atoms with Crippen molar-refractivity contribution in [1.29, 1.82) is 5.26 Å². The van der Waals surface area contributed by atoms with Crippen LogP contribution in [0.2, 0.25) is 0 Å². The summed E-state index contributed by atoms with van der Waals surface area (Å²) >= 11 is 1.59. The van der Waals surface area contributed by atoms with Crippen molar-refractivity contribution in [3.63, 3.8) is 0 Å². The summed E-state index contributed by atoms with van der Waals surface area (Å²) in [5.74, 6) is 1.11. The van der Waals surface area contributed by atoms with Crippen LogP contribution in [0.25, 0.3) is 0 Å². The maximum Gasteiger partial charge on any atom is 0.404 e. The minimum atomic E-state index is -1.17. The van der Waals surface area contributed by atoms with Crippen molar-refractivity contribution in [3.8, 4) is 17.6 Å². The van der Waals surface area contributed by atoms with E-state index in [4.69, 9.17) is 14.6 Å². The summed E-state index contributed by atoms with van der Waals surface area (Å²) in [7, 11) is 3.02. The molecule has 0 aliphatic carbocycles. The van der Waals surface area contributed by atoms with E-state index < -0.39 is 24.0 Å². The molecule has 0 unspecified atom stereocenters. The number of ether oxygens (including phenoxy) is 2. The van der Waals surface area contributed by atoms with Crippen molar-refractivity contribution in [2.45, 2.75) is 25.4 Å². The van der Waals surface area contributed by atoms with Gasteiger partial charge in [-0.3, -0.25) is 0 Å². The molecule has 1 aromatic heterocycles. The summed E-state index contributed by atoms with van der Waals surface area (Å²) in [5, 5.41) is 26.9. The molecule has 0 bridgehead atoms. The zero-order valence-electron chi connectivity index (χ0n) is 18.2. The minimum absolute atomic E-state index is 0.00668. The number of amides is 1. The summed E-state index contributed by atoms with van der Waals surface area (Å²) in [4.78, 5) is 15.3. The molecule has 0 aliphatic rings. The number of hydrogen-bond acceptors (Lipinski definition) is 8. The molecule has 172 valence electrons. The number of nitrogens with zero attached hydrogens (tertiary/aromatic N) is 2. The van der Waals surface area contributed by atoms with Crippen LogP contribution in [0.3, 0.4) is 0 Å². The van der Waals surface area contributed by atoms with E-state index in [9.17, 15) is 14.4 Å². The molecule has 11 heteroatoms. The monoisotopic (exact) mass is 463 g/mol. The molecular formula is C21H26FN5O4S. The van der Waals surface area contributed by atoms with Gasteiger partial charge in [0.1, 0.15) is 17.6 Å². The Morgan fingerprint density at radius 2 is 1.91 bits per heavy atom. The summed E-state index contributed by atoms with van der Waals surface area (Å²) in [6, 6.07) is 7.14. The number of hydrogen-bond donors (Lipinski definition) is 4. The number of pyridine rings is 1. The van der Waals surface area contributed by atoms with Gasteiger partial charge in [0.2, 0.25) is 0 Å². The molecular weight excluding hydrogens is 437 g/mol. The molecule has 32 heavy (non-hydrogen) atoms. The van der Waals surface area contributed by atoms with Gasteiger partial charge in [-0.05, 0) is 31.4 Å². The van der Waals surface area contributed by atoms with Gasteiger partial charge in [0.15, 0.2) is 17.5 Å². The van der Waals surface area contributed by atoms with Crippen LogP contribution in [0, 0.1) is 17.1 Å². The molecule has 0 fully saturated rings. The van der Waals surface area contributed by atoms with Crippen LogP contribution in [0.4, 0.5) is 26.5 Å². The summed E-state index contributed by atoms with van der Waals surface area (Å²) < 4.78 is 25.2. The average Bonchev–Trinajstić information content (AvgIpc) is 2.77. The van der Waals surface area contributed by atoms with Crippen molar-refractivity contribution >= 4 is 35.2 Å². The van der Waals surface area contributed by atoms with Crippen LogP contribution in [-0.2, 0) is 0 Å². The van der Waals surface area contributed by atoms with E-state index in [0.717, 1.165) is 11.8 Å². The number of halogens is 1. The Balaban J connectivity index is 2.38. The fourth-order valence-corrected chi connectivity index (χ4v) is 3.44. The van der Waals surface area contributed by atoms with Crippen LogP contribution < -0.4 is 25.4 Å². The number of anilines is 3. The lowest BCUT2D eigenvalue weighted by Crippen LogP contribution is -2.45. The first kappa shape index (κ1) is 24.9. The lowest BCUT2D eigenvalue weighted by atomic mass is 10.1. The number of aromatic nitrogens is 1. The highest BCUT2D eigenvalue weighted by Gasteiger charge is 2.22. The van der Waals surface area contributed by atoms with E-state index in [0.29, 0.717) is 23.6 Å². The van der Waals surface area contributed by atoms with Crippen LogP contribution in [0.5, 0.6) is 11.5 Å². The Kier molecular flexibility index (Phi) is 9.22. The first-order valence-electron chi connectivity index (χ1n) is 9.66. The van der Waals surface area contributed by atoms with E-state index >= 15 is 0 Å². The number of benzene rings is 1. The fourth-order valence-electron chi connectivity index (χ4n) is 2.95. The van der Waals surface area contributed by atoms with Crippen molar-refractivity contribution < 1.29 is 23.8 Å². The first-order chi connectivity index (χ1) is 15.3. The van der Waals surface area contributed by atoms with Gasteiger partial charge in [0.05, 0.1) is 19.8 Å². The zero-order valence-corrected chi connectivity index (χ0v) is 19.0. The fraction of sp³-hybridized carbons (Fsp3) is 0.381. The van der Waals surface area contributed by atoms with Crippen LogP contribution >= 0.6 is 11.8 Å². The normalized spacial score (nSPS) is 12.2. The lowest BCUT2D eigenvalue weighted by Gasteiger charge is -2.26. The highest BCUT2D eigenvalue weighted by Crippen LogP contribution is 2.30. The molecule has 0 aliphatic heterocycles. The Labute approximate surface area is 190 Å². The smallest absolute Gasteiger partial charge is 0.404 e. The van der Waals surface area contributed by atoms with E-state index in [-0.39, 0.29) is 17.2 Å². The lowest BCUT2D eigenvalue weighted by molar-refractivity contribution is 0.189. The molecule has 2 atom stereocenters. The number of carbonyl (C=O) groups is 1. The molecule has 1 aromatic carbocycles. The predicted molar refractivity (Wildman–Crippen MR) is 123 cm³/mol. The molecule has 0 radical (unpaired) electrons. The third-order valence-corrected chi connectivity index (χ3v) is 5.26. The molecule has 0 saturated heterocycles. The maximum absolute atomic E-state index is 14.7. The second-order valence-electron chi connectivity index (χ2n) is 6.82. The number of rotatable bonds is 11. The second kappa shape index (κ2) is 11.9. The number of methoxy groups -OCH3 is 2. The van der Waals surface area contributed by atoms with Gasteiger partial charge in [0.25, 0.3) is 0 Å². The van der Waals surface area contributed by atoms with Gasteiger partial charge in [-0.1, -0.05) is 0 Å². The first-order valence-corrected chi connectivity index (χ1v) is 11.1. The van der Waals surface area contributed by atoms with Gasteiger partial charge in [-0.2, -0.15) is 17.0 Å². The largest absolute Gasteiger partial charge is 0.497 e. The van der Waals surface area contributed by atoms with E-state index in [2.05, 4.69) is 20.9 Å². The number of nitriles is 1. The molecule has 2 aromatic rings. The molecule has 0 saturated carbocycles. The second-order valence-corrected chi connectivity index (χ2v) is 7.81. The highest BCUT2D eigenvalue weighted by molar-refractivity contribution is 7.98. The third kappa shape index (κ3) is 6.81. The number of nitrogens with one attached hydrogen (secondary N) is 3. The summed E-state index contributed by atoms with van der Waals surface area (Å²) in [6.07, 6.45) is 1.33. The summed E-state index contributed by atoms with van der Waals surface area (Å²) in [6.45, 7) is 1.69. The maximum atomic E-state index is 14.7. The molecule has 9 nitrogen and oxygen atoms in total. The topological polar surface area (TPSA) is 129 Å². The van der Waals surface area contributed by atoms with E-state index in [1.165, 1.54) is 14.2 Å². The van der Waals surface area contributed by atoms with Crippen molar-refractivity contribution in [2.24, 2.45) is 0 Å². The number of carboxylic acid groups (broad SMARTS) is 1. The Bertz CT molecular complexity index is 963. The standard InChI is InChI=1S/C21H26FN5O4S/c1-12(24-21(28)29)18(5-6-32-4)26-20-17(22)7-13(11-23)19(27-20)25-14-8-15(30-2)10-16(9-14)31-3/h7-10,12,18,24H,5-6H2,1-4H3,(H,28,29)(H2,25,26,27)/t12-,18-/m0/s1. The van der Waals surface area contributed by atoms with Gasteiger partial charge >= 0.3 is 6.09 Å². The minimum Gasteiger partial charge on any atom is -0.497 e. The van der Waals surface area contributed by atoms with Crippen molar-refractivity contribution in [3.05, 3.63) is 35.6 Å². The van der Waals surface area contributed by atoms with E-state index in [1.54, 1.807) is 36.9 Å². The molecule has 2 rings (SSSR count). The van der Waals surface area contributed by atoms with Gasteiger partial charge in [-0.25, -0.2) is 14.2 Å². The Hall–Kier alpha value is -3.39.